The molecular weight excluding hydrogens is 847 g/mol. The summed E-state index contributed by atoms with van der Waals surface area (Å²) in [6.07, 6.45) is 0. The molecule has 0 aliphatic rings. The topological polar surface area (TPSA) is 26.3 Å². The van der Waals surface area contributed by atoms with E-state index in [-0.39, 0.29) is 5.43 Å². The van der Waals surface area contributed by atoms with Gasteiger partial charge in [0.25, 0.3) is 0 Å². The van der Waals surface area contributed by atoms with Crippen molar-refractivity contribution < 1.29 is 26.8 Å². The monoisotopic (exact) mass is 888 g/mol. The fourth-order valence-corrected chi connectivity index (χ4v) is 7.70. The molecule has 0 aliphatic carbocycles. The third-order valence-corrected chi connectivity index (χ3v) is 30.4. The molecule has 288 valence electrons. The van der Waals surface area contributed by atoms with Crippen LogP contribution >= 0.6 is 17.0 Å². The number of hydrogen-bond donors (Lipinski definition) is 0. The molecule has 2 heterocycles. The van der Waals surface area contributed by atoms with Crippen LogP contribution < -0.4 is 0 Å². The van der Waals surface area contributed by atoms with E-state index in [1.807, 2.05) is 38.1 Å². The maximum absolute atomic E-state index is 5.83. The minimum absolute atomic E-state index is 0.224. The van der Waals surface area contributed by atoms with Crippen molar-refractivity contribution in [1.29, 1.82) is 0 Å². The summed E-state index contributed by atoms with van der Waals surface area (Å²) >= 11 is -1.65. The third-order valence-electron chi connectivity index (χ3n) is 10.7. The molecule has 0 saturated carbocycles. The Morgan fingerprint density at radius 2 is 0.862 bits per heavy atom. The Kier molecular flexibility index (Phi) is 11.9. The first-order valence-electron chi connectivity index (χ1n) is 19.5. The van der Waals surface area contributed by atoms with E-state index in [1.54, 1.807) is 0 Å². The molecule has 0 N–H and O–H groups in total. The average Bonchev–Trinajstić information content (AvgIpc) is 4.05. The van der Waals surface area contributed by atoms with Gasteiger partial charge in [0.1, 0.15) is 0 Å². The van der Waals surface area contributed by atoms with Gasteiger partial charge in [0.15, 0.2) is 0 Å². The Morgan fingerprint density at radius 3 is 1.22 bits per heavy atom. The zero-order chi connectivity index (χ0) is 40.5. The summed E-state index contributed by atoms with van der Waals surface area (Å²) < 4.78 is 11.7. The van der Waals surface area contributed by atoms with Gasteiger partial charge in [0.2, 0.25) is 0 Å². The van der Waals surface area contributed by atoms with E-state index in [4.69, 9.17) is 25.9 Å². The van der Waals surface area contributed by atoms with Gasteiger partial charge < -0.3 is 8.83 Å². The van der Waals surface area contributed by atoms with E-state index < -0.39 is 18.0 Å². The molecular formula is C52H44Cl2O2SiZr-2. The second kappa shape index (κ2) is 17.3. The zero-order valence-corrected chi connectivity index (χ0v) is 38.6. The summed E-state index contributed by atoms with van der Waals surface area (Å²) in [5, 5.41) is 10.2. The molecule has 0 spiro atoms. The van der Waals surface area contributed by atoms with Gasteiger partial charge in [-0.25, -0.2) is 0 Å². The van der Waals surface area contributed by atoms with Gasteiger partial charge in [-0.05, 0) is 108 Å². The fraction of sp³-hybridized carbons (Fsp3) is 0.115. The second-order valence-electron chi connectivity index (χ2n) is 15.2. The standard InChI is InChI=1S/2C25H19O.C2H6Si.2ClH.Zr/c2*1-16-7-9-20-14-22(24-12-8-17(2)26-24)15-23(20)25(16)21-11-10-18-5-3-4-6-19(18)13-21;1-3-2;;;/h2*3-15H,1-2H3;1-2H3;2*1H;/q2*-1;;;;+2/p-2. The quantitative estimate of drug-likeness (QED) is 0.130. The largest absolute Gasteiger partial charge is 0.496 e. The van der Waals surface area contributed by atoms with Crippen molar-refractivity contribution in [2.75, 3.05) is 0 Å². The van der Waals surface area contributed by atoms with E-state index in [9.17, 15) is 0 Å². The fourth-order valence-electron chi connectivity index (χ4n) is 7.70. The van der Waals surface area contributed by atoms with Crippen LogP contribution in [-0.4, -0.2) is 5.43 Å². The molecule has 58 heavy (non-hydrogen) atoms. The van der Waals surface area contributed by atoms with Gasteiger partial charge in [-0.3, -0.25) is 0 Å². The van der Waals surface area contributed by atoms with Gasteiger partial charge in [0, 0.05) is 0 Å². The third kappa shape index (κ3) is 8.54. The van der Waals surface area contributed by atoms with Crippen molar-refractivity contribution in [3.05, 3.63) is 180 Å². The van der Waals surface area contributed by atoms with Gasteiger partial charge in [0.05, 0.1) is 23.0 Å². The molecule has 0 saturated heterocycles. The number of rotatable bonds is 4. The molecule has 2 aromatic heterocycles. The minimum atomic E-state index is -1.65. The number of halogens is 2. The molecule has 10 rings (SSSR count). The van der Waals surface area contributed by atoms with Gasteiger partial charge >= 0.3 is 53.5 Å². The van der Waals surface area contributed by atoms with E-state index in [0.29, 0.717) is 0 Å². The van der Waals surface area contributed by atoms with Gasteiger partial charge in [-0.15, -0.1) is 57.9 Å². The number of fused-ring (bicyclic) bond motifs is 4. The molecule has 2 nitrogen and oxygen atoms in total. The van der Waals surface area contributed by atoms with Gasteiger partial charge in [-0.2, -0.15) is 0 Å². The smallest absolute Gasteiger partial charge is 0.0896 e. The molecule has 8 aromatic carbocycles. The Bertz CT molecular complexity index is 2900. The Morgan fingerprint density at radius 1 is 0.466 bits per heavy atom. The Hall–Kier alpha value is -4.70. The van der Waals surface area contributed by atoms with Crippen LogP contribution in [0.3, 0.4) is 0 Å². The van der Waals surface area contributed by atoms with Crippen LogP contribution in [0.2, 0.25) is 13.1 Å². The van der Waals surface area contributed by atoms with Crippen molar-refractivity contribution in [3.63, 3.8) is 0 Å². The molecule has 6 heteroatoms. The molecule has 0 unspecified atom stereocenters. The van der Waals surface area contributed by atoms with Crippen LogP contribution in [0, 0.1) is 27.7 Å². The average molecular weight is 891 g/mol. The predicted octanol–water partition coefficient (Wildman–Crippen LogP) is 16.7. The molecule has 0 atom stereocenters. The number of aryl methyl sites for hydroxylation is 4. The second-order valence-corrected chi connectivity index (χ2v) is 38.2. The summed E-state index contributed by atoms with van der Waals surface area (Å²) in [4.78, 5) is 0. The first-order valence-corrected chi connectivity index (χ1v) is 32.0. The SMILES string of the molecule is C[Si](C)=[Zr]([Cl])[Cl].Cc1ccc(-c2cc3c(-c4ccc5ccccc5c4)c(C)ccc3[cH-]2)o1.Cc1ccc(-c2cc3c(-c4ccc5ccccc5c4)c(C)ccc3[cH-]2)o1. The summed E-state index contributed by atoms with van der Waals surface area (Å²) in [7, 11) is 11.2. The zero-order valence-electron chi connectivity index (χ0n) is 33.6. The Balaban J connectivity index is 0.000000142. The van der Waals surface area contributed by atoms with Crippen LogP contribution in [0.5, 0.6) is 0 Å². The van der Waals surface area contributed by atoms with Crippen LogP contribution in [0.25, 0.3) is 88.0 Å². The summed E-state index contributed by atoms with van der Waals surface area (Å²) in [6, 6.07) is 56.4. The molecule has 0 amide bonds. The number of benzene rings is 6. The summed E-state index contributed by atoms with van der Waals surface area (Å²) in [6.45, 7) is 12.7. The van der Waals surface area contributed by atoms with Crippen molar-refractivity contribution in [3.8, 4) is 44.9 Å². The van der Waals surface area contributed by atoms with Gasteiger partial charge in [-0.1, -0.05) is 107 Å². The van der Waals surface area contributed by atoms with Crippen LogP contribution in [0.15, 0.2) is 167 Å². The normalized spacial score (nSPS) is 11.1. The molecule has 0 radical (unpaired) electrons. The molecule has 0 fully saturated rings. The molecule has 10 aromatic rings. The van der Waals surface area contributed by atoms with E-state index in [1.165, 1.54) is 76.5 Å². The molecule has 0 aliphatic heterocycles. The predicted molar refractivity (Wildman–Crippen MR) is 249 cm³/mol. The number of hydrogen-bond acceptors (Lipinski definition) is 2. The summed E-state index contributed by atoms with van der Waals surface area (Å²) in [5.41, 5.74) is 9.78. The van der Waals surface area contributed by atoms with E-state index in [0.717, 1.165) is 34.2 Å². The maximum atomic E-state index is 5.83. The maximum Gasteiger partial charge on any atom is 0.0896 e. The van der Waals surface area contributed by atoms with E-state index in [2.05, 4.69) is 160 Å². The van der Waals surface area contributed by atoms with Crippen LogP contribution in [0.1, 0.15) is 22.6 Å². The van der Waals surface area contributed by atoms with Crippen LogP contribution in [-0.2, 0) is 18.0 Å². The first-order chi connectivity index (χ1) is 28.0. The first kappa shape index (κ1) is 40.1. The van der Waals surface area contributed by atoms with Crippen molar-refractivity contribution in [2.24, 2.45) is 0 Å². The number of furan rings is 2. The molecule has 0 bridgehead atoms. The minimum Gasteiger partial charge on any atom is -0.496 e. The van der Waals surface area contributed by atoms with Crippen molar-refractivity contribution >= 4 is 65.5 Å². The Labute approximate surface area is 355 Å². The van der Waals surface area contributed by atoms with Crippen LogP contribution in [0.4, 0.5) is 0 Å². The van der Waals surface area contributed by atoms with Crippen molar-refractivity contribution in [1.82, 2.24) is 0 Å². The van der Waals surface area contributed by atoms with E-state index >= 15 is 0 Å². The van der Waals surface area contributed by atoms with Crippen molar-refractivity contribution in [2.45, 2.75) is 40.8 Å². The summed E-state index contributed by atoms with van der Waals surface area (Å²) in [5.74, 6) is 3.74.